The first kappa shape index (κ1) is 18.4. The lowest BCUT2D eigenvalue weighted by atomic mass is 10.1. The number of morpholine rings is 1. The number of hydrogen-bond acceptors (Lipinski definition) is 7. The summed E-state index contributed by atoms with van der Waals surface area (Å²) in [5, 5.41) is 3.93. The molecule has 0 bridgehead atoms. The van der Waals surface area contributed by atoms with Gasteiger partial charge in [-0.15, -0.1) is 0 Å². The smallest absolute Gasteiger partial charge is 0.227 e. The monoisotopic (exact) mass is 359 g/mol. The Morgan fingerprint density at radius 1 is 1.38 bits per heavy atom. The number of hydrogen-bond donors (Lipinski definition) is 0. The number of nitrogens with zero attached hydrogens (tertiary/aromatic N) is 5. The molecule has 1 amide bonds. The van der Waals surface area contributed by atoms with Gasteiger partial charge >= 0.3 is 0 Å². The zero-order valence-corrected chi connectivity index (χ0v) is 15.3. The molecule has 1 fully saturated rings. The number of ether oxygens (including phenoxy) is 1. The number of amides is 1. The van der Waals surface area contributed by atoms with E-state index in [9.17, 15) is 4.79 Å². The second-order valence-electron chi connectivity index (χ2n) is 6.77. The highest BCUT2D eigenvalue weighted by molar-refractivity contribution is 5.76. The molecule has 0 aliphatic carbocycles. The van der Waals surface area contributed by atoms with Crippen molar-refractivity contribution in [2.24, 2.45) is 0 Å². The van der Waals surface area contributed by atoms with E-state index in [2.05, 4.69) is 20.1 Å². The average Bonchev–Trinajstić information content (AvgIpc) is 3.15. The van der Waals surface area contributed by atoms with Crippen LogP contribution < -0.4 is 0 Å². The second-order valence-corrected chi connectivity index (χ2v) is 6.77. The summed E-state index contributed by atoms with van der Waals surface area (Å²) in [6.45, 7) is 5.83. The summed E-state index contributed by atoms with van der Waals surface area (Å²) in [5.41, 5.74) is 0.990. The van der Waals surface area contributed by atoms with Gasteiger partial charge in [0.1, 0.15) is 6.33 Å². The van der Waals surface area contributed by atoms with Crippen molar-refractivity contribution in [2.75, 3.05) is 19.7 Å². The van der Waals surface area contributed by atoms with Gasteiger partial charge in [0, 0.05) is 43.7 Å². The van der Waals surface area contributed by atoms with Crippen LogP contribution in [0.2, 0.25) is 0 Å². The molecule has 0 saturated carbocycles. The van der Waals surface area contributed by atoms with E-state index in [-0.39, 0.29) is 17.9 Å². The van der Waals surface area contributed by atoms with Crippen molar-refractivity contribution in [2.45, 2.75) is 51.6 Å². The van der Waals surface area contributed by atoms with Gasteiger partial charge in [0.15, 0.2) is 5.82 Å². The zero-order chi connectivity index (χ0) is 18.4. The molecule has 1 saturated heterocycles. The highest BCUT2D eigenvalue weighted by atomic mass is 16.5. The molecule has 1 aliphatic rings. The van der Waals surface area contributed by atoms with Crippen molar-refractivity contribution >= 4 is 5.91 Å². The van der Waals surface area contributed by atoms with Crippen molar-refractivity contribution in [3.05, 3.63) is 36.0 Å². The van der Waals surface area contributed by atoms with E-state index in [1.54, 1.807) is 12.5 Å². The third kappa shape index (κ3) is 5.08. The van der Waals surface area contributed by atoms with Crippen LogP contribution in [0.3, 0.4) is 0 Å². The summed E-state index contributed by atoms with van der Waals surface area (Å²) < 4.78 is 11.0. The molecule has 0 aromatic carbocycles. The number of carbonyl (C=O) groups is 1. The number of aromatic nitrogens is 4. The molecule has 3 heterocycles. The maximum absolute atomic E-state index is 12.5. The lowest BCUT2D eigenvalue weighted by Gasteiger charge is -2.33. The molecule has 1 atom stereocenters. The Morgan fingerprint density at radius 3 is 3.00 bits per heavy atom. The van der Waals surface area contributed by atoms with Gasteiger partial charge in [-0.2, -0.15) is 4.98 Å². The van der Waals surface area contributed by atoms with Crippen LogP contribution in [0.4, 0.5) is 0 Å². The van der Waals surface area contributed by atoms with Gasteiger partial charge in [-0.25, -0.2) is 9.97 Å². The van der Waals surface area contributed by atoms with Crippen LogP contribution in [0.1, 0.15) is 50.0 Å². The summed E-state index contributed by atoms with van der Waals surface area (Å²) in [5.74, 6) is 1.53. The molecule has 1 aliphatic heterocycles. The van der Waals surface area contributed by atoms with Crippen LogP contribution in [-0.4, -0.2) is 56.7 Å². The first-order valence-corrected chi connectivity index (χ1v) is 9.08. The molecule has 3 rings (SSSR count). The maximum atomic E-state index is 12.5. The van der Waals surface area contributed by atoms with Gasteiger partial charge in [-0.1, -0.05) is 19.0 Å². The molecule has 8 heteroatoms. The Kier molecular flexibility index (Phi) is 6.27. The molecule has 140 valence electrons. The molecule has 26 heavy (non-hydrogen) atoms. The van der Waals surface area contributed by atoms with Gasteiger partial charge < -0.3 is 14.2 Å². The number of carbonyl (C=O) groups excluding carboxylic acids is 1. The Morgan fingerprint density at radius 2 is 2.27 bits per heavy atom. The van der Waals surface area contributed by atoms with Gasteiger partial charge in [-0.3, -0.25) is 4.79 Å². The quantitative estimate of drug-likeness (QED) is 0.743. The van der Waals surface area contributed by atoms with Crippen molar-refractivity contribution in [1.82, 2.24) is 25.0 Å². The fourth-order valence-corrected chi connectivity index (χ4v) is 2.87. The molecular formula is C18H25N5O3. The van der Waals surface area contributed by atoms with Crippen molar-refractivity contribution in [3.8, 4) is 0 Å². The third-order valence-corrected chi connectivity index (χ3v) is 4.41. The standard InChI is InChI=1S/C18H25N5O3/c1-13(2)18-21-16(26-22-18)5-6-17(24)23-9-10-25-15(11-23)4-3-14-7-8-19-12-20-14/h7-8,12-13,15H,3-6,9-11H2,1-2H3/t15-/m0/s1. The first-order chi connectivity index (χ1) is 12.6. The summed E-state index contributed by atoms with van der Waals surface area (Å²) in [6, 6.07) is 1.90. The summed E-state index contributed by atoms with van der Waals surface area (Å²) in [4.78, 5) is 26.8. The molecule has 0 N–H and O–H groups in total. The number of aryl methyl sites for hydroxylation is 2. The van der Waals surface area contributed by atoms with Crippen LogP contribution >= 0.6 is 0 Å². The van der Waals surface area contributed by atoms with Crippen molar-refractivity contribution in [3.63, 3.8) is 0 Å². The molecule has 0 radical (unpaired) electrons. The van der Waals surface area contributed by atoms with Crippen LogP contribution in [0.5, 0.6) is 0 Å². The lowest BCUT2D eigenvalue weighted by molar-refractivity contribution is -0.139. The largest absolute Gasteiger partial charge is 0.375 e. The predicted octanol–water partition coefficient (Wildman–Crippen LogP) is 1.78. The predicted molar refractivity (Wildman–Crippen MR) is 93.4 cm³/mol. The molecule has 0 spiro atoms. The summed E-state index contributed by atoms with van der Waals surface area (Å²) in [6.07, 6.45) is 5.83. The van der Waals surface area contributed by atoms with E-state index < -0.39 is 0 Å². The van der Waals surface area contributed by atoms with E-state index in [0.717, 1.165) is 18.5 Å². The van der Waals surface area contributed by atoms with Crippen LogP contribution in [-0.2, 0) is 22.4 Å². The van der Waals surface area contributed by atoms with E-state index in [1.807, 2.05) is 24.8 Å². The van der Waals surface area contributed by atoms with Gasteiger partial charge in [0.05, 0.1) is 12.7 Å². The highest BCUT2D eigenvalue weighted by Gasteiger charge is 2.24. The normalized spacial score (nSPS) is 17.7. The van der Waals surface area contributed by atoms with Crippen LogP contribution in [0.15, 0.2) is 23.1 Å². The number of rotatable bonds is 7. The van der Waals surface area contributed by atoms with Gasteiger partial charge in [0.25, 0.3) is 0 Å². The van der Waals surface area contributed by atoms with Crippen molar-refractivity contribution < 1.29 is 14.1 Å². The fourth-order valence-electron chi connectivity index (χ4n) is 2.87. The highest BCUT2D eigenvalue weighted by Crippen LogP contribution is 2.14. The van der Waals surface area contributed by atoms with E-state index in [4.69, 9.17) is 9.26 Å². The second kappa shape index (κ2) is 8.84. The third-order valence-electron chi connectivity index (χ3n) is 4.41. The minimum absolute atomic E-state index is 0.0404. The lowest BCUT2D eigenvalue weighted by Crippen LogP contribution is -2.45. The van der Waals surface area contributed by atoms with Crippen molar-refractivity contribution in [1.29, 1.82) is 0 Å². The minimum Gasteiger partial charge on any atom is -0.375 e. The molecule has 0 unspecified atom stereocenters. The summed E-state index contributed by atoms with van der Waals surface area (Å²) in [7, 11) is 0. The van der Waals surface area contributed by atoms with Crippen LogP contribution in [0.25, 0.3) is 0 Å². The molecule has 2 aromatic heterocycles. The van der Waals surface area contributed by atoms with Gasteiger partial charge in [0.2, 0.25) is 11.8 Å². The first-order valence-electron chi connectivity index (χ1n) is 9.08. The molecule has 8 nitrogen and oxygen atoms in total. The van der Waals surface area contributed by atoms with Gasteiger partial charge in [-0.05, 0) is 18.9 Å². The molecule has 2 aromatic rings. The Labute approximate surface area is 153 Å². The average molecular weight is 359 g/mol. The van der Waals surface area contributed by atoms with E-state index in [1.165, 1.54) is 0 Å². The zero-order valence-electron chi connectivity index (χ0n) is 15.3. The molecular weight excluding hydrogens is 334 g/mol. The van der Waals surface area contributed by atoms with E-state index in [0.29, 0.717) is 44.3 Å². The Bertz CT molecular complexity index is 704. The fraction of sp³-hybridized carbons (Fsp3) is 0.611. The minimum atomic E-state index is 0.0404. The van der Waals surface area contributed by atoms with E-state index >= 15 is 0 Å². The Hall–Kier alpha value is -2.35. The summed E-state index contributed by atoms with van der Waals surface area (Å²) >= 11 is 0. The Balaban J connectivity index is 1.44. The van der Waals surface area contributed by atoms with Crippen LogP contribution in [0, 0.1) is 0 Å². The topological polar surface area (TPSA) is 94.2 Å². The SMILES string of the molecule is CC(C)c1noc(CCC(=O)N2CCO[C@@H](CCc3ccncn3)C2)n1. The maximum Gasteiger partial charge on any atom is 0.227 e.